The molecule has 156 valence electrons. The average Bonchev–Trinajstić information content (AvgIpc) is 2.56. The van der Waals surface area contributed by atoms with E-state index >= 15 is 0 Å². The SMILES string of the molecule is COC(=O)CCNC(=O)[C@@H]1OP(=O)(NC(CC(C)C)C(=O)O)CCC1(C)C. The van der Waals surface area contributed by atoms with Gasteiger partial charge in [0.05, 0.1) is 13.5 Å². The van der Waals surface area contributed by atoms with Gasteiger partial charge in [0.1, 0.15) is 12.1 Å². The molecule has 3 N–H and O–H groups in total. The number of nitrogens with one attached hydrogen (secondary N) is 2. The van der Waals surface area contributed by atoms with Crippen molar-refractivity contribution in [2.45, 2.75) is 59.1 Å². The van der Waals surface area contributed by atoms with Crippen LogP contribution in [0.2, 0.25) is 0 Å². The van der Waals surface area contributed by atoms with Gasteiger partial charge in [0.15, 0.2) is 0 Å². The zero-order valence-electron chi connectivity index (χ0n) is 16.6. The number of rotatable bonds is 9. The molecule has 0 radical (unpaired) electrons. The molecule has 0 spiro atoms. The van der Waals surface area contributed by atoms with Crippen LogP contribution in [-0.2, 0) is 28.2 Å². The van der Waals surface area contributed by atoms with Crippen molar-refractivity contribution in [3.8, 4) is 0 Å². The van der Waals surface area contributed by atoms with Gasteiger partial charge in [-0.1, -0.05) is 27.7 Å². The van der Waals surface area contributed by atoms with Crippen molar-refractivity contribution in [2.75, 3.05) is 19.8 Å². The lowest BCUT2D eigenvalue weighted by Crippen LogP contribution is -2.50. The van der Waals surface area contributed by atoms with Gasteiger partial charge in [-0.3, -0.25) is 18.9 Å². The fourth-order valence-electron chi connectivity index (χ4n) is 2.83. The number of hydrogen-bond donors (Lipinski definition) is 3. The molecular weight excluding hydrogens is 375 g/mol. The van der Waals surface area contributed by atoms with Gasteiger partial charge in [-0.2, -0.15) is 0 Å². The maximum absolute atomic E-state index is 13.1. The summed E-state index contributed by atoms with van der Waals surface area (Å²) in [7, 11) is -2.25. The number of hydrogen-bond acceptors (Lipinski definition) is 6. The Morgan fingerprint density at radius 3 is 2.48 bits per heavy atom. The first-order chi connectivity index (χ1) is 12.4. The van der Waals surface area contributed by atoms with Crippen molar-refractivity contribution in [2.24, 2.45) is 11.3 Å². The summed E-state index contributed by atoms with van der Waals surface area (Å²) >= 11 is 0. The Morgan fingerprint density at radius 1 is 1.33 bits per heavy atom. The second-order valence-corrected chi connectivity index (χ2v) is 10.2. The van der Waals surface area contributed by atoms with Crippen LogP contribution >= 0.6 is 7.52 Å². The molecule has 10 heteroatoms. The molecule has 1 aliphatic rings. The molecule has 0 saturated carbocycles. The Hall–Kier alpha value is -1.44. The number of aliphatic carboxylic acids is 1. The Balaban J connectivity index is 2.83. The number of esters is 1. The summed E-state index contributed by atoms with van der Waals surface area (Å²) in [5.41, 5.74) is -0.582. The summed E-state index contributed by atoms with van der Waals surface area (Å²) in [6.45, 7) is 7.46. The summed E-state index contributed by atoms with van der Waals surface area (Å²) in [6, 6.07) is -1.01. The molecule has 2 unspecified atom stereocenters. The lowest BCUT2D eigenvalue weighted by atomic mass is 9.83. The monoisotopic (exact) mass is 406 g/mol. The van der Waals surface area contributed by atoms with E-state index in [-0.39, 0.29) is 25.0 Å². The van der Waals surface area contributed by atoms with Crippen LogP contribution in [0.1, 0.15) is 47.0 Å². The van der Waals surface area contributed by atoms with Crippen LogP contribution in [0, 0.1) is 11.3 Å². The van der Waals surface area contributed by atoms with Gasteiger partial charge in [0.2, 0.25) is 5.91 Å². The molecule has 1 heterocycles. The van der Waals surface area contributed by atoms with Gasteiger partial charge in [-0.25, -0.2) is 5.09 Å². The number of carbonyl (C=O) groups is 3. The normalized spacial score (nSPS) is 25.6. The molecule has 1 fully saturated rings. The number of carboxylic acids is 1. The minimum absolute atomic E-state index is 0.0147. The van der Waals surface area contributed by atoms with Gasteiger partial charge in [-0.15, -0.1) is 0 Å². The Labute approximate surface area is 160 Å². The van der Waals surface area contributed by atoms with Crippen molar-refractivity contribution in [3.63, 3.8) is 0 Å². The Bertz CT molecular complexity index is 606. The van der Waals surface area contributed by atoms with Crippen LogP contribution < -0.4 is 10.4 Å². The summed E-state index contributed by atoms with van der Waals surface area (Å²) < 4.78 is 23.3. The minimum atomic E-state index is -3.51. The van der Waals surface area contributed by atoms with E-state index in [1.165, 1.54) is 7.11 Å². The fraction of sp³-hybridized carbons (Fsp3) is 0.824. The predicted molar refractivity (Wildman–Crippen MR) is 99.4 cm³/mol. The van der Waals surface area contributed by atoms with Crippen LogP contribution in [0.25, 0.3) is 0 Å². The second-order valence-electron chi connectivity index (χ2n) is 7.89. The maximum atomic E-state index is 13.1. The van der Waals surface area contributed by atoms with Crippen LogP contribution in [0.5, 0.6) is 0 Å². The Morgan fingerprint density at radius 2 is 1.96 bits per heavy atom. The van der Waals surface area contributed by atoms with Gasteiger partial charge in [0.25, 0.3) is 7.52 Å². The highest BCUT2D eigenvalue weighted by Gasteiger charge is 2.47. The van der Waals surface area contributed by atoms with E-state index in [0.717, 1.165) is 0 Å². The minimum Gasteiger partial charge on any atom is -0.480 e. The first kappa shape index (κ1) is 23.6. The van der Waals surface area contributed by atoms with E-state index in [9.17, 15) is 24.1 Å². The topological polar surface area (TPSA) is 131 Å². The molecule has 1 aliphatic heterocycles. The third-order valence-electron chi connectivity index (χ3n) is 4.49. The summed E-state index contributed by atoms with van der Waals surface area (Å²) in [5, 5.41) is 14.6. The zero-order valence-corrected chi connectivity index (χ0v) is 17.5. The average molecular weight is 406 g/mol. The van der Waals surface area contributed by atoms with E-state index in [1.807, 2.05) is 27.7 Å². The molecule has 27 heavy (non-hydrogen) atoms. The third-order valence-corrected chi connectivity index (χ3v) is 6.56. The number of carbonyl (C=O) groups excluding carboxylic acids is 2. The van der Waals surface area contributed by atoms with Crippen LogP contribution in [0.4, 0.5) is 0 Å². The summed E-state index contributed by atoms with van der Waals surface area (Å²) in [5.74, 6) is -1.96. The van der Waals surface area contributed by atoms with E-state index < -0.39 is 42.9 Å². The van der Waals surface area contributed by atoms with Gasteiger partial charge < -0.3 is 19.7 Å². The van der Waals surface area contributed by atoms with Crippen LogP contribution in [0.3, 0.4) is 0 Å². The van der Waals surface area contributed by atoms with Gasteiger partial charge in [0, 0.05) is 18.1 Å². The lowest BCUT2D eigenvalue weighted by Gasteiger charge is -2.41. The van der Waals surface area contributed by atoms with E-state index in [4.69, 9.17) is 4.52 Å². The standard InChI is InChI=1S/C17H31N2O7P/c1-11(2)10-12(16(22)23)19-27(24)9-7-17(3,4)14(26-27)15(21)18-8-6-13(20)25-5/h11-12,14H,6-10H2,1-5H3,(H,18,21)(H,19,24)(H,22,23)/t12?,14-,27?/m0/s1. The van der Waals surface area contributed by atoms with Crippen molar-refractivity contribution >= 4 is 25.4 Å². The maximum Gasteiger partial charge on any atom is 0.321 e. The molecule has 0 aromatic heterocycles. The number of ether oxygens (including phenoxy) is 1. The van der Waals surface area contributed by atoms with Crippen LogP contribution in [-0.4, -0.2) is 54.9 Å². The highest BCUT2D eigenvalue weighted by molar-refractivity contribution is 7.57. The number of methoxy groups -OCH3 is 1. The van der Waals surface area contributed by atoms with Gasteiger partial charge in [-0.05, 0) is 18.8 Å². The first-order valence-electron chi connectivity index (χ1n) is 9.03. The predicted octanol–water partition coefficient (Wildman–Crippen LogP) is 1.76. The van der Waals surface area contributed by atoms with Crippen molar-refractivity contribution in [1.29, 1.82) is 0 Å². The number of amides is 1. The molecule has 0 aromatic rings. The van der Waals surface area contributed by atoms with Gasteiger partial charge >= 0.3 is 11.9 Å². The smallest absolute Gasteiger partial charge is 0.321 e. The van der Waals surface area contributed by atoms with Crippen molar-refractivity contribution in [1.82, 2.24) is 10.4 Å². The largest absolute Gasteiger partial charge is 0.480 e. The highest BCUT2D eigenvalue weighted by Crippen LogP contribution is 2.54. The molecule has 3 atom stereocenters. The number of carboxylic acid groups (broad SMARTS) is 1. The van der Waals surface area contributed by atoms with Crippen molar-refractivity contribution < 1.29 is 33.3 Å². The van der Waals surface area contributed by atoms with Crippen molar-refractivity contribution in [3.05, 3.63) is 0 Å². The quantitative estimate of drug-likeness (QED) is 0.390. The molecule has 0 aromatic carbocycles. The molecule has 1 amide bonds. The Kier molecular flexibility index (Phi) is 8.45. The molecule has 0 aliphatic carbocycles. The van der Waals surface area contributed by atoms with E-state index in [0.29, 0.717) is 12.8 Å². The van der Waals surface area contributed by atoms with E-state index in [2.05, 4.69) is 15.1 Å². The second kappa shape index (κ2) is 9.66. The molecular formula is C17H31N2O7P. The summed E-state index contributed by atoms with van der Waals surface area (Å²) in [4.78, 5) is 35.1. The van der Waals surface area contributed by atoms with E-state index in [1.54, 1.807) is 0 Å². The summed E-state index contributed by atoms with van der Waals surface area (Å²) in [6.07, 6.45) is -0.132. The third kappa shape index (κ3) is 7.24. The molecule has 0 bridgehead atoms. The van der Waals surface area contributed by atoms with Crippen LogP contribution in [0.15, 0.2) is 0 Å². The molecule has 1 rings (SSSR count). The zero-order chi connectivity index (χ0) is 20.8. The lowest BCUT2D eigenvalue weighted by molar-refractivity contribution is -0.141. The molecule has 9 nitrogen and oxygen atoms in total. The molecule has 1 saturated heterocycles. The fourth-order valence-corrected chi connectivity index (χ4v) is 5.41. The highest BCUT2D eigenvalue weighted by atomic mass is 31.2. The first-order valence-corrected chi connectivity index (χ1v) is 10.8.